The Morgan fingerprint density at radius 3 is 1.90 bits per heavy atom. The molecule has 0 fully saturated rings. The highest BCUT2D eigenvalue weighted by atomic mass is 28.4. The Morgan fingerprint density at radius 2 is 1.48 bits per heavy atom. The quantitative estimate of drug-likeness (QED) is 0.297. The van der Waals surface area contributed by atoms with Gasteiger partial charge in [0.1, 0.15) is 6.17 Å². The standard InChI is InChI=1S/C15H34N2O3Si/c1-7-18-21(19-8-2,20-9-3)14-16-15(4)12-10-11-13-17(5)6/h7-14H2,1-6H3. The first-order valence-electron chi connectivity index (χ1n) is 8.06. The Hall–Kier alpha value is -0.273. The van der Waals surface area contributed by atoms with E-state index in [1.54, 1.807) is 0 Å². The van der Waals surface area contributed by atoms with Gasteiger partial charge in [0, 0.05) is 25.5 Å². The lowest BCUT2D eigenvalue weighted by atomic mass is 10.2. The molecule has 0 spiro atoms. The van der Waals surface area contributed by atoms with Gasteiger partial charge in [-0.05, 0) is 67.6 Å². The summed E-state index contributed by atoms with van der Waals surface area (Å²) in [6, 6.07) is 0. The fraction of sp³-hybridized carbons (Fsp3) is 0.933. The molecule has 6 heteroatoms. The van der Waals surface area contributed by atoms with Gasteiger partial charge in [0.15, 0.2) is 0 Å². The molecule has 0 aromatic heterocycles. The molecule has 0 saturated carbocycles. The van der Waals surface area contributed by atoms with Crippen LogP contribution in [0, 0.1) is 0 Å². The highest BCUT2D eigenvalue weighted by Gasteiger charge is 2.40. The van der Waals surface area contributed by atoms with E-state index in [4.69, 9.17) is 13.3 Å². The second-order valence-electron chi connectivity index (χ2n) is 5.29. The van der Waals surface area contributed by atoms with Gasteiger partial charge < -0.3 is 18.2 Å². The molecule has 0 saturated heterocycles. The lowest BCUT2D eigenvalue weighted by Gasteiger charge is -2.27. The molecule has 126 valence electrons. The number of unbranched alkanes of at least 4 members (excludes halogenated alkanes) is 1. The van der Waals surface area contributed by atoms with Crippen LogP contribution in [0.4, 0.5) is 0 Å². The Kier molecular flexibility index (Phi) is 12.1. The van der Waals surface area contributed by atoms with Crippen molar-refractivity contribution in [1.82, 2.24) is 4.90 Å². The summed E-state index contributed by atoms with van der Waals surface area (Å²) in [4.78, 5) is 6.87. The minimum atomic E-state index is -2.62. The summed E-state index contributed by atoms with van der Waals surface area (Å²) >= 11 is 0. The van der Waals surface area contributed by atoms with E-state index < -0.39 is 8.80 Å². The predicted molar refractivity (Wildman–Crippen MR) is 91.0 cm³/mol. The number of aliphatic imine (C=N–C) groups is 1. The van der Waals surface area contributed by atoms with E-state index in [1.807, 2.05) is 20.8 Å². The third-order valence-electron chi connectivity index (χ3n) is 3.03. The first-order chi connectivity index (χ1) is 9.99. The molecule has 0 amide bonds. The number of hydrogen-bond acceptors (Lipinski definition) is 5. The zero-order valence-corrected chi connectivity index (χ0v) is 15.8. The highest BCUT2D eigenvalue weighted by molar-refractivity contribution is 6.61. The van der Waals surface area contributed by atoms with E-state index in [-0.39, 0.29) is 0 Å². The minimum Gasteiger partial charge on any atom is -0.373 e. The van der Waals surface area contributed by atoms with Crippen molar-refractivity contribution in [3.8, 4) is 0 Å². The zero-order chi connectivity index (χ0) is 16.1. The van der Waals surface area contributed by atoms with Crippen LogP contribution in [0.25, 0.3) is 0 Å². The van der Waals surface area contributed by atoms with Crippen LogP contribution < -0.4 is 0 Å². The second-order valence-corrected chi connectivity index (χ2v) is 7.84. The molecule has 0 radical (unpaired) electrons. The Labute approximate surface area is 132 Å². The molecular formula is C15H34N2O3Si. The van der Waals surface area contributed by atoms with E-state index in [0.717, 1.165) is 18.7 Å². The monoisotopic (exact) mass is 318 g/mol. The normalized spacial score (nSPS) is 13.2. The Morgan fingerprint density at radius 1 is 0.952 bits per heavy atom. The van der Waals surface area contributed by atoms with Gasteiger partial charge in [-0.3, -0.25) is 4.99 Å². The van der Waals surface area contributed by atoms with E-state index in [0.29, 0.717) is 26.0 Å². The van der Waals surface area contributed by atoms with Gasteiger partial charge >= 0.3 is 8.80 Å². The summed E-state index contributed by atoms with van der Waals surface area (Å²) in [5.41, 5.74) is 1.16. The third kappa shape index (κ3) is 10.1. The van der Waals surface area contributed by atoms with Crippen LogP contribution in [-0.4, -0.2) is 66.0 Å². The van der Waals surface area contributed by atoms with Crippen molar-refractivity contribution >= 4 is 14.5 Å². The van der Waals surface area contributed by atoms with Gasteiger partial charge in [0.05, 0.1) is 0 Å². The van der Waals surface area contributed by atoms with Gasteiger partial charge in [0.2, 0.25) is 0 Å². The van der Waals surface area contributed by atoms with Crippen molar-refractivity contribution in [2.24, 2.45) is 4.99 Å². The molecule has 0 aliphatic carbocycles. The molecule has 21 heavy (non-hydrogen) atoms. The summed E-state index contributed by atoms with van der Waals surface area (Å²) in [6.45, 7) is 10.9. The van der Waals surface area contributed by atoms with Gasteiger partial charge in [-0.15, -0.1) is 0 Å². The van der Waals surface area contributed by atoms with Crippen LogP contribution in [0.5, 0.6) is 0 Å². The molecule has 0 aliphatic rings. The number of rotatable bonds is 13. The van der Waals surface area contributed by atoms with Crippen molar-refractivity contribution in [3.05, 3.63) is 0 Å². The summed E-state index contributed by atoms with van der Waals surface area (Å²) in [5, 5.41) is 0. The third-order valence-corrected chi connectivity index (χ3v) is 5.76. The summed E-state index contributed by atoms with van der Waals surface area (Å²) in [6.07, 6.45) is 3.93. The fourth-order valence-electron chi connectivity index (χ4n) is 2.04. The van der Waals surface area contributed by atoms with Crippen molar-refractivity contribution in [3.63, 3.8) is 0 Å². The largest absolute Gasteiger partial charge is 0.523 e. The molecule has 0 heterocycles. The lowest BCUT2D eigenvalue weighted by Crippen LogP contribution is -2.49. The molecule has 0 aromatic carbocycles. The smallest absolute Gasteiger partial charge is 0.373 e. The maximum Gasteiger partial charge on any atom is 0.523 e. The average molecular weight is 319 g/mol. The van der Waals surface area contributed by atoms with E-state index >= 15 is 0 Å². The molecule has 0 aliphatic heterocycles. The van der Waals surface area contributed by atoms with Gasteiger partial charge in [-0.25, -0.2) is 0 Å². The first-order valence-corrected chi connectivity index (χ1v) is 9.99. The lowest BCUT2D eigenvalue weighted by molar-refractivity contribution is 0.0729. The summed E-state index contributed by atoms with van der Waals surface area (Å²) < 4.78 is 17.4. The van der Waals surface area contributed by atoms with Gasteiger partial charge in [0.25, 0.3) is 0 Å². The van der Waals surface area contributed by atoms with Gasteiger partial charge in [-0.2, -0.15) is 0 Å². The molecule has 0 aromatic rings. The SMILES string of the molecule is CCO[Si](CN=C(C)CCCCN(C)C)(OCC)OCC. The molecule has 0 atom stereocenters. The van der Waals surface area contributed by atoms with Crippen molar-refractivity contribution in [2.45, 2.75) is 47.0 Å². The topological polar surface area (TPSA) is 43.3 Å². The Bertz CT molecular complexity index is 269. The van der Waals surface area contributed by atoms with Crippen LogP contribution in [0.2, 0.25) is 0 Å². The zero-order valence-electron chi connectivity index (χ0n) is 14.8. The minimum absolute atomic E-state index is 0.530. The molecule has 5 nitrogen and oxygen atoms in total. The number of hydrogen-bond donors (Lipinski definition) is 0. The predicted octanol–water partition coefficient (Wildman–Crippen LogP) is 2.77. The highest BCUT2D eigenvalue weighted by Crippen LogP contribution is 2.11. The van der Waals surface area contributed by atoms with Crippen LogP contribution in [0.15, 0.2) is 4.99 Å². The first kappa shape index (κ1) is 20.7. The fourth-order valence-corrected chi connectivity index (χ4v) is 4.35. The number of nitrogens with zero attached hydrogens (tertiary/aromatic N) is 2. The molecule has 0 N–H and O–H groups in total. The van der Waals surface area contributed by atoms with Crippen LogP contribution in [0.3, 0.4) is 0 Å². The average Bonchev–Trinajstić information content (AvgIpc) is 2.42. The summed E-state index contributed by atoms with van der Waals surface area (Å²) in [5.74, 6) is 0. The molecule has 0 rings (SSSR count). The van der Waals surface area contributed by atoms with Gasteiger partial charge in [-0.1, -0.05) is 0 Å². The molecular weight excluding hydrogens is 284 g/mol. The maximum absolute atomic E-state index is 5.80. The van der Waals surface area contributed by atoms with E-state index in [2.05, 4.69) is 30.9 Å². The van der Waals surface area contributed by atoms with Crippen LogP contribution in [0.1, 0.15) is 47.0 Å². The maximum atomic E-state index is 5.80. The van der Waals surface area contributed by atoms with E-state index in [1.165, 1.54) is 12.8 Å². The summed E-state index contributed by atoms with van der Waals surface area (Å²) in [7, 11) is 1.59. The van der Waals surface area contributed by atoms with E-state index in [9.17, 15) is 0 Å². The van der Waals surface area contributed by atoms with Crippen LogP contribution in [-0.2, 0) is 13.3 Å². The van der Waals surface area contributed by atoms with Crippen LogP contribution >= 0.6 is 0 Å². The van der Waals surface area contributed by atoms with Crippen molar-refractivity contribution in [1.29, 1.82) is 0 Å². The molecule has 0 bridgehead atoms. The molecule has 0 unspecified atom stereocenters. The van der Waals surface area contributed by atoms with Crippen molar-refractivity contribution in [2.75, 3.05) is 46.6 Å². The second kappa shape index (κ2) is 12.3. The van der Waals surface area contributed by atoms with Crippen molar-refractivity contribution < 1.29 is 13.3 Å². The Balaban J connectivity index is 4.37.